The van der Waals surface area contributed by atoms with E-state index in [1.54, 1.807) is 7.11 Å². The van der Waals surface area contributed by atoms with Crippen LogP contribution in [-0.2, 0) is 0 Å². The van der Waals surface area contributed by atoms with Crippen LogP contribution in [0.1, 0.15) is 37.8 Å². The van der Waals surface area contributed by atoms with Crippen molar-refractivity contribution in [2.24, 2.45) is 0 Å². The van der Waals surface area contributed by atoms with Crippen LogP contribution in [0.5, 0.6) is 5.75 Å². The van der Waals surface area contributed by atoms with E-state index in [2.05, 4.69) is 54.7 Å². The van der Waals surface area contributed by atoms with E-state index >= 15 is 0 Å². The summed E-state index contributed by atoms with van der Waals surface area (Å²) in [6.07, 6.45) is 3.59. The summed E-state index contributed by atoms with van der Waals surface area (Å²) in [5.41, 5.74) is 2.48. The molecule has 2 rings (SSSR count). The predicted octanol–water partition coefficient (Wildman–Crippen LogP) is 5.04. The maximum Gasteiger partial charge on any atom is 0.119 e. The van der Waals surface area contributed by atoms with E-state index in [1.807, 2.05) is 12.1 Å². The first-order valence-corrected chi connectivity index (χ1v) is 7.29. The lowest BCUT2D eigenvalue weighted by Crippen LogP contribution is -2.10. The van der Waals surface area contributed by atoms with Gasteiger partial charge in [0.25, 0.3) is 0 Å². The summed E-state index contributed by atoms with van der Waals surface area (Å²) in [4.78, 5) is 0. The van der Waals surface area contributed by atoms with Crippen LogP contribution < -0.4 is 10.1 Å². The molecule has 0 aliphatic carbocycles. The highest BCUT2D eigenvalue weighted by Crippen LogP contribution is 2.25. The minimum absolute atomic E-state index is 0.365. The van der Waals surface area contributed by atoms with E-state index in [0.717, 1.165) is 17.9 Å². The highest BCUT2D eigenvalue weighted by Gasteiger charge is 2.10. The average molecular weight is 269 g/mol. The third-order valence-electron chi connectivity index (χ3n) is 3.48. The van der Waals surface area contributed by atoms with Gasteiger partial charge in [-0.1, -0.05) is 50.1 Å². The monoisotopic (exact) mass is 269 g/mol. The number of benzene rings is 2. The Morgan fingerprint density at radius 3 is 2.30 bits per heavy atom. The number of rotatable bonds is 7. The van der Waals surface area contributed by atoms with Crippen LogP contribution in [0, 0.1) is 0 Å². The third-order valence-corrected chi connectivity index (χ3v) is 3.48. The molecule has 0 unspecified atom stereocenters. The van der Waals surface area contributed by atoms with Gasteiger partial charge in [0.2, 0.25) is 0 Å². The molecule has 1 N–H and O–H groups in total. The molecule has 0 aliphatic heterocycles. The first-order valence-electron chi connectivity index (χ1n) is 7.29. The molecule has 1 atom stereocenters. The Balaban J connectivity index is 2.10. The molecule has 0 saturated heterocycles. The molecule has 106 valence electrons. The molecule has 0 radical (unpaired) electrons. The fourth-order valence-electron chi connectivity index (χ4n) is 2.30. The minimum Gasteiger partial charge on any atom is -0.497 e. The molecule has 0 heterocycles. The molecular weight excluding hydrogens is 246 g/mol. The Morgan fingerprint density at radius 1 is 1.00 bits per heavy atom. The number of anilines is 1. The molecule has 0 aliphatic rings. The number of methoxy groups -OCH3 is 1. The normalized spacial score (nSPS) is 11.9. The summed E-state index contributed by atoms with van der Waals surface area (Å²) in [6, 6.07) is 19.1. The second-order valence-corrected chi connectivity index (χ2v) is 4.98. The third kappa shape index (κ3) is 4.02. The molecule has 0 amide bonds. The average Bonchev–Trinajstić information content (AvgIpc) is 2.53. The lowest BCUT2D eigenvalue weighted by molar-refractivity contribution is 0.415. The number of hydrogen-bond acceptors (Lipinski definition) is 2. The topological polar surface area (TPSA) is 21.3 Å². The Bertz CT molecular complexity index is 493. The van der Waals surface area contributed by atoms with Crippen LogP contribution in [0.2, 0.25) is 0 Å². The number of hydrogen-bond donors (Lipinski definition) is 1. The van der Waals surface area contributed by atoms with Crippen LogP contribution in [0.3, 0.4) is 0 Å². The van der Waals surface area contributed by atoms with Gasteiger partial charge < -0.3 is 10.1 Å². The Hall–Kier alpha value is -1.96. The summed E-state index contributed by atoms with van der Waals surface area (Å²) >= 11 is 0. The van der Waals surface area contributed by atoms with Crippen molar-refractivity contribution in [1.82, 2.24) is 0 Å². The van der Waals surface area contributed by atoms with E-state index in [1.165, 1.54) is 18.4 Å². The molecule has 0 bridgehead atoms. The highest BCUT2D eigenvalue weighted by atomic mass is 16.5. The zero-order valence-corrected chi connectivity index (χ0v) is 12.3. The molecule has 0 spiro atoms. The second-order valence-electron chi connectivity index (χ2n) is 4.98. The smallest absolute Gasteiger partial charge is 0.119 e. The molecule has 2 nitrogen and oxygen atoms in total. The van der Waals surface area contributed by atoms with Crippen molar-refractivity contribution in [3.63, 3.8) is 0 Å². The number of ether oxygens (including phenoxy) is 1. The van der Waals surface area contributed by atoms with Gasteiger partial charge in [-0.05, 0) is 36.2 Å². The summed E-state index contributed by atoms with van der Waals surface area (Å²) in [5.74, 6) is 0.889. The Labute approximate surface area is 121 Å². The summed E-state index contributed by atoms with van der Waals surface area (Å²) in [6.45, 7) is 2.23. The van der Waals surface area contributed by atoms with Crippen molar-refractivity contribution >= 4 is 5.69 Å². The highest BCUT2D eigenvalue weighted by molar-refractivity contribution is 5.48. The molecule has 2 aromatic rings. The summed E-state index contributed by atoms with van der Waals surface area (Å²) in [7, 11) is 1.69. The van der Waals surface area contributed by atoms with Gasteiger partial charge in [-0.15, -0.1) is 0 Å². The largest absolute Gasteiger partial charge is 0.497 e. The second kappa shape index (κ2) is 7.59. The van der Waals surface area contributed by atoms with Gasteiger partial charge >= 0.3 is 0 Å². The van der Waals surface area contributed by atoms with Crippen LogP contribution in [0.25, 0.3) is 0 Å². The quantitative estimate of drug-likeness (QED) is 0.760. The van der Waals surface area contributed by atoms with E-state index < -0.39 is 0 Å². The van der Waals surface area contributed by atoms with Crippen molar-refractivity contribution in [3.8, 4) is 5.75 Å². The zero-order valence-electron chi connectivity index (χ0n) is 12.3. The number of unbranched alkanes of at least 4 members (excludes halogenated alkanes) is 1. The molecule has 0 aromatic heterocycles. The maximum absolute atomic E-state index is 5.20. The van der Waals surface area contributed by atoms with Crippen LogP contribution >= 0.6 is 0 Å². The van der Waals surface area contributed by atoms with Gasteiger partial charge in [-0.2, -0.15) is 0 Å². The van der Waals surface area contributed by atoms with Crippen molar-refractivity contribution in [2.75, 3.05) is 12.4 Å². The molecule has 2 heteroatoms. The Morgan fingerprint density at radius 2 is 1.70 bits per heavy atom. The zero-order chi connectivity index (χ0) is 14.2. The SMILES string of the molecule is CCCC[C@H](Nc1ccc(OC)cc1)c1ccccc1. The maximum atomic E-state index is 5.20. The fourth-order valence-corrected chi connectivity index (χ4v) is 2.30. The van der Waals surface area contributed by atoms with Crippen molar-refractivity contribution in [2.45, 2.75) is 32.2 Å². The van der Waals surface area contributed by atoms with Gasteiger partial charge in [0.05, 0.1) is 13.2 Å². The molecule has 0 fully saturated rings. The van der Waals surface area contributed by atoms with Crippen LogP contribution in [0.4, 0.5) is 5.69 Å². The number of nitrogens with one attached hydrogen (secondary N) is 1. The van der Waals surface area contributed by atoms with Gasteiger partial charge in [0.15, 0.2) is 0 Å². The van der Waals surface area contributed by atoms with Gasteiger partial charge in [-0.3, -0.25) is 0 Å². The van der Waals surface area contributed by atoms with Crippen molar-refractivity contribution < 1.29 is 4.74 Å². The van der Waals surface area contributed by atoms with E-state index in [9.17, 15) is 0 Å². The molecule has 0 saturated carbocycles. The lowest BCUT2D eigenvalue weighted by Gasteiger charge is -2.20. The van der Waals surface area contributed by atoms with Gasteiger partial charge in [0, 0.05) is 5.69 Å². The minimum atomic E-state index is 0.365. The van der Waals surface area contributed by atoms with Crippen LogP contribution in [0.15, 0.2) is 54.6 Å². The Kier molecular flexibility index (Phi) is 5.48. The molecule has 2 aromatic carbocycles. The first kappa shape index (κ1) is 14.4. The van der Waals surface area contributed by atoms with Gasteiger partial charge in [-0.25, -0.2) is 0 Å². The fraction of sp³-hybridized carbons (Fsp3) is 0.333. The van der Waals surface area contributed by atoms with Gasteiger partial charge in [0.1, 0.15) is 5.75 Å². The predicted molar refractivity (Wildman–Crippen MR) is 85.3 cm³/mol. The van der Waals surface area contributed by atoms with E-state index in [0.29, 0.717) is 6.04 Å². The van der Waals surface area contributed by atoms with E-state index in [4.69, 9.17) is 4.74 Å². The molecule has 20 heavy (non-hydrogen) atoms. The van der Waals surface area contributed by atoms with Crippen molar-refractivity contribution in [3.05, 3.63) is 60.2 Å². The van der Waals surface area contributed by atoms with E-state index in [-0.39, 0.29) is 0 Å². The summed E-state index contributed by atoms with van der Waals surface area (Å²) in [5, 5.41) is 3.63. The first-order chi connectivity index (χ1) is 9.83. The lowest BCUT2D eigenvalue weighted by atomic mass is 10.0. The van der Waals surface area contributed by atoms with Crippen molar-refractivity contribution in [1.29, 1.82) is 0 Å². The molecular formula is C18H23NO. The summed E-state index contributed by atoms with van der Waals surface area (Å²) < 4.78 is 5.20. The van der Waals surface area contributed by atoms with Crippen LogP contribution in [-0.4, -0.2) is 7.11 Å². The standard InChI is InChI=1S/C18H23NO/c1-3-4-10-18(15-8-6-5-7-9-15)19-16-11-13-17(20-2)14-12-16/h5-9,11-14,18-19H,3-4,10H2,1-2H3/t18-/m0/s1.